The van der Waals surface area contributed by atoms with Crippen LogP contribution >= 0.6 is 0 Å². The number of anilines is 1. The number of benzene rings is 2. The number of carbonyl (C=O) groups excluding carboxylic acids is 2. The van der Waals surface area contributed by atoms with Crippen molar-refractivity contribution in [3.05, 3.63) is 53.6 Å². The van der Waals surface area contributed by atoms with E-state index in [4.69, 9.17) is 9.47 Å². The molecule has 0 bridgehead atoms. The molecule has 0 unspecified atom stereocenters. The molecule has 0 aliphatic carbocycles. The van der Waals surface area contributed by atoms with E-state index < -0.39 is 30.1 Å². The monoisotopic (exact) mass is 397 g/mol. The molecule has 28 heavy (non-hydrogen) atoms. The van der Waals surface area contributed by atoms with Crippen LogP contribution in [0, 0.1) is 6.92 Å². The van der Waals surface area contributed by atoms with Gasteiger partial charge in [-0.05, 0) is 55.8 Å². The molecule has 2 rings (SSSR count). The number of aryl methyl sites for hydroxylation is 1. The molecular weight excluding hydrogens is 379 g/mol. The number of alkyl halides is 3. The van der Waals surface area contributed by atoms with Crippen LogP contribution in [0.1, 0.15) is 22.8 Å². The Balaban J connectivity index is 1.96. The molecule has 150 valence electrons. The number of carbonyl (C=O) groups is 2. The molecule has 1 atom stereocenters. The second-order valence-electron chi connectivity index (χ2n) is 5.79. The van der Waals surface area contributed by atoms with E-state index in [1.54, 1.807) is 12.1 Å². The van der Waals surface area contributed by atoms with E-state index in [2.05, 4.69) is 10.1 Å². The fraction of sp³-hybridized carbons (Fsp3) is 0.263. The maximum atomic E-state index is 12.2. The Morgan fingerprint density at radius 2 is 1.71 bits per heavy atom. The Morgan fingerprint density at radius 1 is 1.07 bits per heavy atom. The molecule has 0 heterocycles. The molecule has 2 aromatic carbocycles. The molecule has 9 heteroatoms. The van der Waals surface area contributed by atoms with Crippen LogP contribution in [0.25, 0.3) is 0 Å². The summed E-state index contributed by atoms with van der Waals surface area (Å²) in [7, 11) is 1.47. The van der Waals surface area contributed by atoms with Crippen molar-refractivity contribution < 1.29 is 37.0 Å². The number of rotatable bonds is 6. The van der Waals surface area contributed by atoms with E-state index >= 15 is 0 Å². The molecule has 0 saturated carbocycles. The van der Waals surface area contributed by atoms with E-state index in [-0.39, 0.29) is 11.3 Å². The van der Waals surface area contributed by atoms with Gasteiger partial charge in [-0.15, -0.1) is 13.2 Å². The Labute approximate surface area is 159 Å². The molecule has 0 radical (unpaired) electrons. The van der Waals surface area contributed by atoms with E-state index in [9.17, 15) is 22.8 Å². The first-order valence-corrected chi connectivity index (χ1v) is 8.11. The zero-order valence-electron chi connectivity index (χ0n) is 15.3. The standard InChI is InChI=1S/C19H18F3NO5/c1-11-4-5-13(10-16(11)26-3)18(25)27-12(2)17(24)23-14-6-8-15(9-7-14)28-19(20,21)22/h4-10,12H,1-3H3,(H,23,24)/t12-/m1/s1. The van der Waals surface area contributed by atoms with Gasteiger partial charge >= 0.3 is 12.3 Å². The SMILES string of the molecule is COc1cc(C(=O)O[C@H](C)C(=O)Nc2ccc(OC(F)(F)F)cc2)ccc1C. The lowest BCUT2D eigenvalue weighted by atomic mass is 10.1. The summed E-state index contributed by atoms with van der Waals surface area (Å²) in [5.41, 5.74) is 1.28. The van der Waals surface area contributed by atoms with Crippen LogP contribution in [0.15, 0.2) is 42.5 Å². The van der Waals surface area contributed by atoms with Gasteiger partial charge in [0, 0.05) is 5.69 Å². The predicted molar refractivity (Wildman–Crippen MR) is 94.4 cm³/mol. The summed E-state index contributed by atoms with van der Waals surface area (Å²) < 4.78 is 50.4. The van der Waals surface area contributed by atoms with E-state index in [0.29, 0.717) is 5.75 Å². The highest BCUT2D eigenvalue weighted by Crippen LogP contribution is 2.24. The van der Waals surface area contributed by atoms with Crippen LogP contribution in [-0.2, 0) is 9.53 Å². The van der Waals surface area contributed by atoms with Gasteiger partial charge in [-0.25, -0.2) is 4.79 Å². The number of ether oxygens (including phenoxy) is 3. The van der Waals surface area contributed by atoms with Crippen molar-refractivity contribution in [2.75, 3.05) is 12.4 Å². The third-order valence-electron chi connectivity index (χ3n) is 3.65. The summed E-state index contributed by atoms with van der Waals surface area (Å²) in [6.45, 7) is 3.19. The second-order valence-corrected chi connectivity index (χ2v) is 5.79. The van der Waals surface area contributed by atoms with Crippen molar-refractivity contribution in [2.24, 2.45) is 0 Å². The Hall–Kier alpha value is -3.23. The zero-order chi connectivity index (χ0) is 20.9. The van der Waals surface area contributed by atoms with Crippen molar-refractivity contribution in [3.8, 4) is 11.5 Å². The number of halogens is 3. The number of hydrogen-bond donors (Lipinski definition) is 1. The van der Waals surface area contributed by atoms with Crippen molar-refractivity contribution in [1.82, 2.24) is 0 Å². The van der Waals surface area contributed by atoms with Gasteiger partial charge in [0.1, 0.15) is 11.5 Å². The fourth-order valence-corrected chi connectivity index (χ4v) is 2.21. The minimum atomic E-state index is -4.80. The number of esters is 1. The van der Waals surface area contributed by atoms with Gasteiger partial charge in [0.25, 0.3) is 5.91 Å². The Bertz CT molecular complexity index is 850. The summed E-state index contributed by atoms with van der Waals surface area (Å²) in [6, 6.07) is 9.31. The second kappa shape index (κ2) is 8.64. The predicted octanol–water partition coefficient (Wildman–Crippen LogP) is 4.09. The third kappa shape index (κ3) is 5.90. The molecule has 1 amide bonds. The lowest BCUT2D eigenvalue weighted by Crippen LogP contribution is -2.30. The number of amides is 1. The van der Waals surface area contributed by atoms with Crippen LogP contribution in [0.3, 0.4) is 0 Å². The average Bonchev–Trinajstić information content (AvgIpc) is 2.62. The quantitative estimate of drug-likeness (QED) is 0.744. The lowest BCUT2D eigenvalue weighted by molar-refractivity contribution is -0.274. The molecular formula is C19H18F3NO5. The normalized spacial score (nSPS) is 12.1. The van der Waals surface area contributed by atoms with Gasteiger partial charge in [0.2, 0.25) is 0 Å². The molecule has 6 nitrogen and oxygen atoms in total. The van der Waals surface area contributed by atoms with Gasteiger partial charge in [-0.2, -0.15) is 0 Å². The molecule has 0 aliphatic rings. The van der Waals surface area contributed by atoms with E-state index in [1.807, 2.05) is 6.92 Å². The molecule has 1 N–H and O–H groups in total. The Morgan fingerprint density at radius 3 is 2.29 bits per heavy atom. The minimum absolute atomic E-state index is 0.218. The van der Waals surface area contributed by atoms with Gasteiger partial charge in [0.15, 0.2) is 6.10 Å². The number of hydrogen-bond acceptors (Lipinski definition) is 5. The number of nitrogens with one attached hydrogen (secondary N) is 1. The van der Waals surface area contributed by atoms with Crippen molar-refractivity contribution >= 4 is 17.6 Å². The zero-order valence-corrected chi connectivity index (χ0v) is 15.3. The van der Waals surface area contributed by atoms with Crippen LogP contribution < -0.4 is 14.8 Å². The fourth-order valence-electron chi connectivity index (χ4n) is 2.21. The molecule has 0 aromatic heterocycles. The number of methoxy groups -OCH3 is 1. The van der Waals surface area contributed by atoms with Gasteiger partial charge < -0.3 is 19.5 Å². The molecule has 0 saturated heterocycles. The molecule has 2 aromatic rings. The van der Waals surface area contributed by atoms with Gasteiger partial charge in [0.05, 0.1) is 12.7 Å². The van der Waals surface area contributed by atoms with E-state index in [0.717, 1.165) is 17.7 Å². The van der Waals surface area contributed by atoms with Crippen LogP contribution in [0.4, 0.5) is 18.9 Å². The smallest absolute Gasteiger partial charge is 0.496 e. The summed E-state index contributed by atoms with van der Waals surface area (Å²) in [4.78, 5) is 24.3. The molecule has 0 spiro atoms. The van der Waals surface area contributed by atoms with Crippen LogP contribution in [0.2, 0.25) is 0 Å². The highest BCUT2D eigenvalue weighted by atomic mass is 19.4. The van der Waals surface area contributed by atoms with Crippen molar-refractivity contribution in [1.29, 1.82) is 0 Å². The van der Waals surface area contributed by atoms with Gasteiger partial charge in [-0.3, -0.25) is 4.79 Å². The highest BCUT2D eigenvalue weighted by molar-refractivity contribution is 5.97. The first-order valence-electron chi connectivity index (χ1n) is 8.11. The summed E-state index contributed by atoms with van der Waals surface area (Å²) in [6.07, 6.45) is -5.93. The average molecular weight is 397 g/mol. The van der Waals surface area contributed by atoms with Gasteiger partial charge in [-0.1, -0.05) is 6.07 Å². The molecule has 0 fully saturated rings. The first kappa shape index (κ1) is 21.1. The highest BCUT2D eigenvalue weighted by Gasteiger charge is 2.31. The van der Waals surface area contributed by atoms with Crippen molar-refractivity contribution in [3.63, 3.8) is 0 Å². The first-order chi connectivity index (χ1) is 13.1. The lowest BCUT2D eigenvalue weighted by Gasteiger charge is -2.15. The largest absolute Gasteiger partial charge is 0.573 e. The maximum absolute atomic E-state index is 12.2. The summed E-state index contributed by atoms with van der Waals surface area (Å²) in [5.74, 6) is -1.27. The maximum Gasteiger partial charge on any atom is 0.573 e. The summed E-state index contributed by atoms with van der Waals surface area (Å²) >= 11 is 0. The van der Waals surface area contributed by atoms with Crippen molar-refractivity contribution in [2.45, 2.75) is 26.3 Å². The third-order valence-corrected chi connectivity index (χ3v) is 3.65. The minimum Gasteiger partial charge on any atom is -0.496 e. The van der Waals surface area contributed by atoms with Crippen LogP contribution in [-0.4, -0.2) is 31.5 Å². The molecule has 0 aliphatic heterocycles. The van der Waals surface area contributed by atoms with E-state index in [1.165, 1.54) is 32.2 Å². The van der Waals surface area contributed by atoms with Crippen LogP contribution in [0.5, 0.6) is 11.5 Å². The Kier molecular flexibility index (Phi) is 6.50. The topological polar surface area (TPSA) is 73.9 Å². The summed E-state index contributed by atoms with van der Waals surface area (Å²) in [5, 5.41) is 2.44.